The van der Waals surface area contributed by atoms with Gasteiger partial charge in [-0.05, 0) is 74.9 Å². The Morgan fingerprint density at radius 2 is 1.32 bits per heavy atom. The number of benzene rings is 1. The van der Waals surface area contributed by atoms with E-state index in [1.165, 1.54) is 119 Å². The van der Waals surface area contributed by atoms with Crippen LogP contribution in [0.15, 0.2) is 24.3 Å². The summed E-state index contributed by atoms with van der Waals surface area (Å²) in [5.41, 5.74) is 4.78. The number of rotatable bonds is 19. The Kier molecular flexibility index (Phi) is 16.4. The van der Waals surface area contributed by atoms with Crippen LogP contribution in [0.25, 0.3) is 10.9 Å². The molecule has 37 heavy (non-hydrogen) atoms. The molecule has 0 spiro atoms. The highest BCUT2D eigenvalue weighted by atomic mass is 35.5. The Morgan fingerprint density at radius 3 is 1.95 bits per heavy atom. The molecule has 1 heterocycles. The first-order valence-electron chi connectivity index (χ1n) is 15.5. The smallest absolute Gasteiger partial charge is 0.0917 e. The standard InChI is InChI=1S/C33H54N2O.ClH/c1-3-5-7-9-11-13-17-23-35(24-18-14-12-10-8-6-4-2)27-33(36)30-22-21-29-25-28-19-15-16-20-31(28)34-32(29)26-30;/h21-22,25-26,33,36H,3-20,23-24,27H2,1-2H3;1H. The molecular formula is C33H55ClN2O. The third kappa shape index (κ3) is 11.6. The zero-order chi connectivity index (χ0) is 25.4. The lowest BCUT2D eigenvalue weighted by atomic mass is 9.94. The number of nitrogens with zero attached hydrogens (tertiary/aromatic N) is 2. The lowest BCUT2D eigenvalue weighted by Gasteiger charge is -2.25. The number of halogens is 1. The fourth-order valence-corrected chi connectivity index (χ4v) is 5.75. The van der Waals surface area contributed by atoms with Gasteiger partial charge in [0.1, 0.15) is 0 Å². The second kappa shape index (κ2) is 19.0. The van der Waals surface area contributed by atoms with Gasteiger partial charge >= 0.3 is 0 Å². The first-order valence-corrected chi connectivity index (χ1v) is 15.5. The van der Waals surface area contributed by atoms with Crippen molar-refractivity contribution in [1.29, 1.82) is 0 Å². The minimum Gasteiger partial charge on any atom is -0.387 e. The summed E-state index contributed by atoms with van der Waals surface area (Å²) in [7, 11) is 0. The van der Waals surface area contributed by atoms with E-state index < -0.39 is 6.10 Å². The van der Waals surface area contributed by atoms with Crippen molar-refractivity contribution in [2.45, 2.75) is 136 Å². The van der Waals surface area contributed by atoms with Gasteiger partial charge in [0, 0.05) is 17.6 Å². The number of hydrogen-bond acceptors (Lipinski definition) is 3. The maximum atomic E-state index is 11.2. The SMILES string of the molecule is CCCCCCCCCN(CCCCCCCCC)CC(O)c1ccc2cc3c(nc2c1)CCCC3.Cl. The molecule has 0 saturated heterocycles. The minimum absolute atomic E-state index is 0. The van der Waals surface area contributed by atoms with Gasteiger partial charge in [-0.1, -0.05) is 103 Å². The van der Waals surface area contributed by atoms with Crippen LogP contribution in [0.4, 0.5) is 0 Å². The monoisotopic (exact) mass is 530 g/mol. The van der Waals surface area contributed by atoms with Gasteiger partial charge in [-0.2, -0.15) is 0 Å². The number of pyridine rings is 1. The topological polar surface area (TPSA) is 36.4 Å². The number of hydrogen-bond donors (Lipinski definition) is 1. The average Bonchev–Trinajstić information content (AvgIpc) is 2.90. The van der Waals surface area contributed by atoms with Crippen LogP contribution < -0.4 is 0 Å². The predicted octanol–water partition coefficient (Wildman–Crippen LogP) is 9.37. The van der Waals surface area contributed by atoms with Crippen molar-refractivity contribution in [3.05, 3.63) is 41.1 Å². The number of aryl methyl sites for hydroxylation is 2. The number of aliphatic hydroxyl groups is 1. The highest BCUT2D eigenvalue weighted by Gasteiger charge is 2.16. The highest BCUT2D eigenvalue weighted by Crippen LogP contribution is 2.26. The van der Waals surface area contributed by atoms with E-state index in [2.05, 4.69) is 43.0 Å². The lowest BCUT2D eigenvalue weighted by Crippen LogP contribution is -2.31. The van der Waals surface area contributed by atoms with E-state index in [-0.39, 0.29) is 12.4 Å². The molecule has 1 atom stereocenters. The average molecular weight is 531 g/mol. The number of aromatic nitrogens is 1. The van der Waals surface area contributed by atoms with Gasteiger partial charge in [0.15, 0.2) is 0 Å². The van der Waals surface area contributed by atoms with Gasteiger partial charge in [-0.15, -0.1) is 12.4 Å². The molecule has 0 aliphatic heterocycles. The number of fused-ring (bicyclic) bond motifs is 2. The van der Waals surface area contributed by atoms with Gasteiger partial charge in [0.25, 0.3) is 0 Å². The summed E-state index contributed by atoms with van der Waals surface area (Å²) >= 11 is 0. The molecule has 4 heteroatoms. The van der Waals surface area contributed by atoms with Crippen LogP contribution in [0.1, 0.15) is 140 Å². The molecule has 3 rings (SSSR count). The van der Waals surface area contributed by atoms with E-state index >= 15 is 0 Å². The maximum Gasteiger partial charge on any atom is 0.0917 e. The van der Waals surface area contributed by atoms with E-state index in [0.717, 1.165) is 43.6 Å². The largest absolute Gasteiger partial charge is 0.387 e. The second-order valence-corrected chi connectivity index (χ2v) is 11.3. The molecule has 0 radical (unpaired) electrons. The van der Waals surface area contributed by atoms with E-state index in [9.17, 15) is 5.11 Å². The summed E-state index contributed by atoms with van der Waals surface area (Å²) in [5, 5.41) is 12.4. The molecule has 1 unspecified atom stereocenters. The predicted molar refractivity (Wildman–Crippen MR) is 163 cm³/mol. The van der Waals surface area contributed by atoms with Gasteiger partial charge in [0.2, 0.25) is 0 Å². The molecule has 0 amide bonds. The van der Waals surface area contributed by atoms with Gasteiger partial charge < -0.3 is 10.0 Å². The maximum absolute atomic E-state index is 11.2. The van der Waals surface area contributed by atoms with Crippen molar-refractivity contribution in [2.24, 2.45) is 0 Å². The van der Waals surface area contributed by atoms with Crippen LogP contribution in [0.2, 0.25) is 0 Å². The van der Waals surface area contributed by atoms with E-state index in [0.29, 0.717) is 0 Å². The van der Waals surface area contributed by atoms with Crippen LogP contribution in [-0.4, -0.2) is 34.6 Å². The first kappa shape index (κ1) is 32.1. The molecule has 3 nitrogen and oxygen atoms in total. The van der Waals surface area contributed by atoms with Gasteiger partial charge in [0.05, 0.1) is 11.6 Å². The van der Waals surface area contributed by atoms with Gasteiger partial charge in [-0.3, -0.25) is 4.98 Å². The van der Waals surface area contributed by atoms with E-state index in [1.54, 1.807) is 0 Å². The van der Waals surface area contributed by atoms with Crippen molar-refractivity contribution in [3.8, 4) is 0 Å². The third-order valence-electron chi connectivity index (χ3n) is 8.09. The molecule has 1 aliphatic carbocycles. The van der Waals surface area contributed by atoms with Crippen LogP contribution in [0.3, 0.4) is 0 Å². The Morgan fingerprint density at radius 1 is 0.757 bits per heavy atom. The molecule has 1 N–H and O–H groups in total. The van der Waals surface area contributed by atoms with Crippen LogP contribution in [-0.2, 0) is 12.8 Å². The van der Waals surface area contributed by atoms with Crippen LogP contribution in [0.5, 0.6) is 0 Å². The van der Waals surface area contributed by atoms with Gasteiger partial charge in [-0.25, -0.2) is 0 Å². The zero-order valence-corrected chi connectivity index (χ0v) is 24.8. The van der Waals surface area contributed by atoms with E-state index in [1.807, 2.05) is 0 Å². The summed E-state index contributed by atoms with van der Waals surface area (Å²) in [5.74, 6) is 0. The molecule has 2 aromatic rings. The summed E-state index contributed by atoms with van der Waals surface area (Å²) in [4.78, 5) is 7.53. The molecule has 1 aromatic heterocycles. The first-order chi connectivity index (χ1) is 17.7. The molecular weight excluding hydrogens is 476 g/mol. The molecule has 0 saturated carbocycles. The van der Waals surface area contributed by atoms with Crippen LogP contribution >= 0.6 is 12.4 Å². The second-order valence-electron chi connectivity index (χ2n) is 11.3. The fourth-order valence-electron chi connectivity index (χ4n) is 5.75. The van der Waals surface area contributed by atoms with Crippen LogP contribution in [0, 0.1) is 0 Å². The number of aliphatic hydroxyl groups excluding tert-OH is 1. The lowest BCUT2D eigenvalue weighted by molar-refractivity contribution is 0.110. The van der Waals surface area contributed by atoms with Crippen molar-refractivity contribution in [3.63, 3.8) is 0 Å². The van der Waals surface area contributed by atoms with Crippen molar-refractivity contribution in [1.82, 2.24) is 9.88 Å². The highest BCUT2D eigenvalue weighted by molar-refractivity contribution is 5.85. The molecule has 0 bridgehead atoms. The zero-order valence-electron chi connectivity index (χ0n) is 24.0. The Labute approximate surface area is 234 Å². The molecule has 210 valence electrons. The summed E-state index contributed by atoms with van der Waals surface area (Å²) < 4.78 is 0. The Bertz CT molecular complexity index is 853. The third-order valence-corrected chi connectivity index (χ3v) is 8.09. The quantitative estimate of drug-likeness (QED) is 0.184. The van der Waals surface area contributed by atoms with Crippen molar-refractivity contribution < 1.29 is 5.11 Å². The van der Waals surface area contributed by atoms with Crippen molar-refractivity contribution in [2.75, 3.05) is 19.6 Å². The summed E-state index contributed by atoms with van der Waals surface area (Å²) in [6.45, 7) is 7.53. The fraction of sp³-hybridized carbons (Fsp3) is 0.727. The van der Waals surface area contributed by atoms with Crippen molar-refractivity contribution >= 4 is 23.3 Å². The molecule has 0 fully saturated rings. The minimum atomic E-state index is -0.443. The number of unbranched alkanes of at least 4 members (excludes halogenated alkanes) is 12. The summed E-state index contributed by atoms with van der Waals surface area (Å²) in [6, 6.07) is 8.78. The Balaban J connectivity index is 0.00000481. The Hall–Kier alpha value is -1.16. The molecule has 1 aromatic carbocycles. The van der Waals surface area contributed by atoms with E-state index in [4.69, 9.17) is 4.98 Å². The summed E-state index contributed by atoms with van der Waals surface area (Å²) in [6.07, 6.45) is 23.1. The normalized spacial score (nSPS) is 14.1. The molecule has 1 aliphatic rings.